The van der Waals surface area contributed by atoms with E-state index < -0.39 is 0 Å². The van der Waals surface area contributed by atoms with Gasteiger partial charge in [-0.25, -0.2) is 0 Å². The summed E-state index contributed by atoms with van der Waals surface area (Å²) >= 11 is 0. The molecule has 0 unspecified atom stereocenters. The molecule has 0 aliphatic rings. The molecular weight excluding hydrogens is 217 g/mol. The topological polar surface area (TPSA) is 42.9 Å². The maximum absolute atomic E-state index is 10.2. The Labute approximate surface area is 90.5 Å². The SMILES string of the molecule is Cc1[c-]c(C)nc(C=O)n1.[Y]. The molecular formula is C7H7N2OY-. The van der Waals surface area contributed by atoms with Crippen molar-refractivity contribution >= 4 is 6.29 Å². The first kappa shape index (κ1) is 10.9. The zero-order valence-electron chi connectivity index (χ0n) is 6.46. The average Bonchev–Trinajstić information content (AvgIpc) is 1.85. The maximum atomic E-state index is 10.2. The molecule has 0 aliphatic heterocycles. The Bertz CT molecular complexity index is 242. The molecule has 0 saturated heterocycles. The normalized spacial score (nSPS) is 8.55. The van der Waals surface area contributed by atoms with Gasteiger partial charge in [-0.15, -0.1) is 11.4 Å². The summed E-state index contributed by atoms with van der Waals surface area (Å²) in [6, 6.07) is 2.86. The Hall–Kier alpha value is -0.146. The molecule has 11 heavy (non-hydrogen) atoms. The van der Waals surface area contributed by atoms with E-state index in [0.717, 1.165) is 0 Å². The molecule has 0 aliphatic carbocycles. The van der Waals surface area contributed by atoms with Gasteiger partial charge in [0.25, 0.3) is 0 Å². The van der Waals surface area contributed by atoms with E-state index >= 15 is 0 Å². The van der Waals surface area contributed by atoms with E-state index in [4.69, 9.17) is 0 Å². The van der Waals surface area contributed by atoms with Crippen molar-refractivity contribution in [3.63, 3.8) is 0 Å². The van der Waals surface area contributed by atoms with E-state index in [-0.39, 0.29) is 38.5 Å². The number of carbonyl (C=O) groups excluding carboxylic acids is 1. The quantitative estimate of drug-likeness (QED) is 0.521. The minimum Gasteiger partial charge on any atom is -0.427 e. The van der Waals surface area contributed by atoms with E-state index in [1.807, 2.05) is 0 Å². The third kappa shape index (κ3) is 3.17. The molecule has 0 fully saturated rings. The number of hydrogen-bond donors (Lipinski definition) is 0. The first-order chi connectivity index (χ1) is 4.72. The maximum Gasteiger partial charge on any atom is 0.187 e. The second-order valence-corrected chi connectivity index (χ2v) is 2.00. The van der Waals surface area contributed by atoms with Crippen LogP contribution in [-0.2, 0) is 32.7 Å². The average molecular weight is 224 g/mol. The number of hydrogen-bond acceptors (Lipinski definition) is 3. The third-order valence-corrected chi connectivity index (χ3v) is 1.03. The van der Waals surface area contributed by atoms with Crippen LogP contribution >= 0.6 is 0 Å². The molecule has 0 amide bonds. The van der Waals surface area contributed by atoms with E-state index in [9.17, 15) is 4.79 Å². The van der Waals surface area contributed by atoms with Crippen LogP contribution in [0.15, 0.2) is 0 Å². The summed E-state index contributed by atoms with van der Waals surface area (Å²) in [5.41, 5.74) is 1.41. The van der Waals surface area contributed by atoms with Crippen molar-refractivity contribution < 1.29 is 37.5 Å². The van der Waals surface area contributed by atoms with Crippen LogP contribution in [0.25, 0.3) is 0 Å². The standard InChI is InChI=1S/C7H7N2O.Y/c1-5-3-6(2)9-7(4-10)8-5;/h4H,1-2H3;/q-1;. The van der Waals surface area contributed by atoms with Gasteiger partial charge in [0, 0.05) is 32.7 Å². The fourth-order valence-electron chi connectivity index (χ4n) is 0.739. The molecule has 1 rings (SSSR count). The third-order valence-electron chi connectivity index (χ3n) is 1.03. The minimum atomic E-state index is 0. The Balaban J connectivity index is 0.000001000. The van der Waals surface area contributed by atoms with E-state index in [1.54, 1.807) is 13.8 Å². The van der Waals surface area contributed by atoms with Crippen LogP contribution in [-0.4, -0.2) is 16.3 Å². The summed E-state index contributed by atoms with van der Waals surface area (Å²) in [6.45, 7) is 3.56. The van der Waals surface area contributed by atoms with Gasteiger partial charge in [0.2, 0.25) is 0 Å². The van der Waals surface area contributed by atoms with Crippen LogP contribution in [0.1, 0.15) is 22.0 Å². The number of rotatable bonds is 1. The number of carbonyl (C=O) groups is 1. The largest absolute Gasteiger partial charge is 0.427 e. The first-order valence-corrected chi connectivity index (χ1v) is 2.92. The summed E-state index contributed by atoms with van der Waals surface area (Å²) in [6.07, 6.45) is 0.633. The predicted octanol–water partition coefficient (Wildman–Crippen LogP) is 0.704. The Morgan fingerprint density at radius 3 is 2.09 bits per heavy atom. The predicted molar refractivity (Wildman–Crippen MR) is 35.7 cm³/mol. The van der Waals surface area contributed by atoms with Crippen molar-refractivity contribution in [1.29, 1.82) is 0 Å². The van der Waals surface area contributed by atoms with E-state index in [2.05, 4.69) is 16.0 Å². The van der Waals surface area contributed by atoms with Crippen molar-refractivity contribution in [2.45, 2.75) is 13.8 Å². The summed E-state index contributed by atoms with van der Waals surface area (Å²) < 4.78 is 0. The van der Waals surface area contributed by atoms with Crippen molar-refractivity contribution in [3.8, 4) is 0 Å². The van der Waals surface area contributed by atoms with Crippen LogP contribution in [0.2, 0.25) is 0 Å². The molecule has 0 atom stereocenters. The molecule has 3 nitrogen and oxygen atoms in total. The summed E-state index contributed by atoms with van der Waals surface area (Å²) in [7, 11) is 0. The Morgan fingerprint density at radius 1 is 1.27 bits per heavy atom. The zero-order valence-corrected chi connectivity index (χ0v) is 9.30. The number of aromatic nitrogens is 2. The molecule has 1 aromatic rings. The van der Waals surface area contributed by atoms with E-state index in [1.165, 1.54) is 0 Å². The van der Waals surface area contributed by atoms with Gasteiger partial charge in [-0.05, 0) is 0 Å². The first-order valence-electron chi connectivity index (χ1n) is 2.92. The number of nitrogens with zero attached hydrogens (tertiary/aromatic N) is 2. The van der Waals surface area contributed by atoms with Gasteiger partial charge in [-0.2, -0.15) is 0 Å². The van der Waals surface area contributed by atoms with Crippen molar-refractivity contribution in [3.05, 3.63) is 23.3 Å². The van der Waals surface area contributed by atoms with Crippen molar-refractivity contribution in [2.24, 2.45) is 0 Å². The van der Waals surface area contributed by atoms with Crippen LogP contribution < -0.4 is 0 Å². The van der Waals surface area contributed by atoms with Crippen molar-refractivity contribution in [1.82, 2.24) is 9.97 Å². The number of aldehydes is 1. The van der Waals surface area contributed by atoms with Crippen LogP contribution in [0.4, 0.5) is 0 Å². The fraction of sp³-hybridized carbons (Fsp3) is 0.286. The minimum absolute atomic E-state index is 0. The molecule has 4 heteroatoms. The Morgan fingerprint density at radius 2 is 1.73 bits per heavy atom. The zero-order chi connectivity index (χ0) is 7.56. The van der Waals surface area contributed by atoms with Gasteiger partial charge in [-0.3, -0.25) is 14.8 Å². The fourth-order valence-corrected chi connectivity index (χ4v) is 0.739. The molecule has 1 aromatic heterocycles. The van der Waals surface area contributed by atoms with Gasteiger partial charge >= 0.3 is 0 Å². The van der Waals surface area contributed by atoms with Crippen molar-refractivity contribution in [2.75, 3.05) is 0 Å². The Kier molecular flexibility index (Phi) is 4.61. The monoisotopic (exact) mass is 224 g/mol. The number of aryl methyl sites for hydroxylation is 2. The van der Waals surface area contributed by atoms with Gasteiger partial charge in [0.15, 0.2) is 12.1 Å². The van der Waals surface area contributed by atoms with Crippen LogP contribution in [0.3, 0.4) is 0 Å². The molecule has 0 saturated carbocycles. The molecule has 0 bridgehead atoms. The summed E-state index contributed by atoms with van der Waals surface area (Å²) in [4.78, 5) is 17.8. The molecule has 1 radical (unpaired) electrons. The van der Waals surface area contributed by atoms with Gasteiger partial charge in [0.1, 0.15) is 0 Å². The second kappa shape index (κ2) is 4.68. The van der Waals surface area contributed by atoms with Crippen LogP contribution in [0, 0.1) is 19.9 Å². The van der Waals surface area contributed by atoms with E-state index in [0.29, 0.717) is 17.7 Å². The smallest absolute Gasteiger partial charge is 0.187 e. The van der Waals surface area contributed by atoms with Crippen LogP contribution in [0.5, 0.6) is 0 Å². The molecule has 0 spiro atoms. The van der Waals surface area contributed by atoms with Gasteiger partial charge in [0.05, 0.1) is 0 Å². The second-order valence-electron chi connectivity index (χ2n) is 2.00. The summed E-state index contributed by atoms with van der Waals surface area (Å²) in [5, 5.41) is 0. The van der Waals surface area contributed by atoms with Gasteiger partial charge < -0.3 is 6.07 Å². The summed E-state index contributed by atoms with van der Waals surface area (Å²) in [5.74, 6) is 0.230. The van der Waals surface area contributed by atoms with Gasteiger partial charge in [-0.1, -0.05) is 13.8 Å². The molecule has 0 aromatic carbocycles. The molecule has 1 heterocycles. The molecule has 55 valence electrons. The molecule has 0 N–H and O–H groups in total.